The van der Waals surface area contributed by atoms with Crippen LogP contribution in [0.3, 0.4) is 0 Å². The zero-order valence-electron chi connectivity index (χ0n) is 13.1. The fraction of sp³-hybridized carbons (Fsp3) is 0.562. The molecule has 2 aromatic heterocycles. The van der Waals surface area contributed by atoms with E-state index in [2.05, 4.69) is 31.9 Å². The number of nitrogens with zero attached hydrogens (tertiary/aromatic N) is 2. The van der Waals surface area contributed by atoms with Gasteiger partial charge in [-0.3, -0.25) is 9.89 Å². The quantitative estimate of drug-likeness (QED) is 0.752. The highest BCUT2D eigenvalue weighted by Crippen LogP contribution is 2.23. The number of aromatic nitrogens is 3. The Morgan fingerprint density at radius 1 is 1.39 bits per heavy atom. The molecule has 3 rings (SSSR count). The van der Waals surface area contributed by atoms with Crippen molar-refractivity contribution in [2.45, 2.75) is 43.7 Å². The van der Waals surface area contributed by atoms with E-state index in [0.717, 1.165) is 18.8 Å². The number of thioether (sulfide) groups is 1. The lowest BCUT2D eigenvalue weighted by molar-refractivity contribution is -0.118. The Morgan fingerprint density at radius 2 is 2.26 bits per heavy atom. The van der Waals surface area contributed by atoms with Gasteiger partial charge >= 0.3 is 0 Å². The first-order chi connectivity index (χ1) is 11.3. The van der Waals surface area contributed by atoms with E-state index in [1.54, 1.807) is 11.3 Å². The van der Waals surface area contributed by atoms with Crippen molar-refractivity contribution in [3.63, 3.8) is 0 Å². The van der Waals surface area contributed by atoms with Gasteiger partial charge in [-0.25, -0.2) is 4.98 Å². The van der Waals surface area contributed by atoms with Crippen molar-refractivity contribution in [3.05, 3.63) is 28.2 Å². The molecule has 0 aromatic carbocycles. The van der Waals surface area contributed by atoms with Crippen molar-refractivity contribution in [2.24, 2.45) is 5.92 Å². The van der Waals surface area contributed by atoms with Crippen LogP contribution in [-0.4, -0.2) is 33.4 Å². The van der Waals surface area contributed by atoms with Crippen molar-refractivity contribution < 1.29 is 4.79 Å². The molecule has 1 aliphatic carbocycles. The maximum atomic E-state index is 11.9. The topological polar surface area (TPSA) is 70.7 Å². The molecule has 0 spiro atoms. The van der Waals surface area contributed by atoms with Gasteiger partial charge < -0.3 is 5.32 Å². The largest absolute Gasteiger partial charge is 0.355 e. The van der Waals surface area contributed by atoms with Crippen LogP contribution < -0.4 is 5.32 Å². The molecule has 0 aliphatic heterocycles. The van der Waals surface area contributed by atoms with Crippen molar-refractivity contribution in [3.8, 4) is 0 Å². The zero-order valence-corrected chi connectivity index (χ0v) is 14.7. The van der Waals surface area contributed by atoms with Gasteiger partial charge in [0.25, 0.3) is 0 Å². The van der Waals surface area contributed by atoms with E-state index in [1.165, 1.54) is 48.7 Å². The lowest BCUT2D eigenvalue weighted by Gasteiger charge is -2.21. The number of carbonyl (C=O) groups excluding carboxylic acids is 1. The van der Waals surface area contributed by atoms with Crippen molar-refractivity contribution in [1.82, 2.24) is 20.5 Å². The fourth-order valence-corrected chi connectivity index (χ4v) is 4.19. The average Bonchev–Trinajstić information content (AvgIpc) is 3.24. The first-order valence-corrected chi connectivity index (χ1v) is 9.99. The molecular formula is C16H22N4OS2. The molecule has 23 heavy (non-hydrogen) atoms. The van der Waals surface area contributed by atoms with Crippen molar-refractivity contribution in [1.29, 1.82) is 0 Å². The molecule has 124 valence electrons. The first kappa shape index (κ1) is 16.5. The number of carbonyl (C=O) groups is 1. The van der Waals surface area contributed by atoms with Gasteiger partial charge in [-0.1, -0.05) is 37.1 Å². The van der Waals surface area contributed by atoms with Crippen LogP contribution in [0.25, 0.3) is 0 Å². The fourth-order valence-electron chi connectivity index (χ4n) is 2.83. The number of thiophene rings is 1. The number of rotatable bonds is 7. The number of H-pyrrole nitrogens is 1. The summed E-state index contributed by atoms with van der Waals surface area (Å²) < 4.78 is 0. The van der Waals surface area contributed by atoms with Crippen LogP contribution in [0.4, 0.5) is 0 Å². The summed E-state index contributed by atoms with van der Waals surface area (Å²) in [5.41, 5.74) is 0. The Kier molecular flexibility index (Phi) is 6.10. The van der Waals surface area contributed by atoms with Gasteiger partial charge in [-0.2, -0.15) is 0 Å². The number of hydrogen-bond acceptors (Lipinski definition) is 5. The molecule has 0 atom stereocenters. The monoisotopic (exact) mass is 350 g/mol. The van der Waals surface area contributed by atoms with Crippen LogP contribution in [0.5, 0.6) is 0 Å². The lowest BCUT2D eigenvalue weighted by atomic mass is 9.89. The molecule has 0 bridgehead atoms. The van der Waals surface area contributed by atoms with E-state index in [1.807, 2.05) is 6.07 Å². The van der Waals surface area contributed by atoms with Crippen LogP contribution in [0, 0.1) is 5.92 Å². The van der Waals surface area contributed by atoms with Crippen molar-refractivity contribution in [2.75, 3.05) is 12.3 Å². The van der Waals surface area contributed by atoms with Gasteiger partial charge in [-0.15, -0.1) is 16.4 Å². The first-order valence-electron chi connectivity index (χ1n) is 8.13. The Hall–Kier alpha value is -1.34. The Morgan fingerprint density at radius 3 is 3.04 bits per heavy atom. The molecule has 5 nitrogen and oxygen atoms in total. The van der Waals surface area contributed by atoms with Crippen LogP contribution in [-0.2, 0) is 11.2 Å². The molecule has 2 heterocycles. The maximum absolute atomic E-state index is 11.9. The minimum absolute atomic E-state index is 0.0742. The van der Waals surface area contributed by atoms with Crippen molar-refractivity contribution >= 4 is 29.0 Å². The van der Waals surface area contributed by atoms with Gasteiger partial charge in [0.15, 0.2) is 0 Å². The van der Waals surface area contributed by atoms with Crippen LogP contribution >= 0.6 is 23.1 Å². The average molecular weight is 351 g/mol. The van der Waals surface area contributed by atoms with E-state index >= 15 is 0 Å². The van der Waals surface area contributed by atoms with E-state index < -0.39 is 0 Å². The third-order valence-electron chi connectivity index (χ3n) is 4.08. The second-order valence-electron chi connectivity index (χ2n) is 5.92. The van der Waals surface area contributed by atoms with Gasteiger partial charge in [0.1, 0.15) is 5.82 Å². The summed E-state index contributed by atoms with van der Waals surface area (Å²) in [6.45, 7) is 0.816. The highest BCUT2D eigenvalue weighted by Gasteiger charge is 2.14. The smallest absolute Gasteiger partial charge is 0.230 e. The SMILES string of the molecule is O=C(CSc1n[nH]c(Cc2cccs2)n1)NCC1CCCCC1. The molecule has 2 aromatic rings. The van der Waals surface area contributed by atoms with Gasteiger partial charge in [0.05, 0.1) is 5.75 Å². The predicted molar refractivity (Wildman–Crippen MR) is 93.8 cm³/mol. The molecule has 1 amide bonds. The summed E-state index contributed by atoms with van der Waals surface area (Å²) >= 11 is 3.09. The van der Waals surface area contributed by atoms with Gasteiger partial charge in [0.2, 0.25) is 11.1 Å². The second kappa shape index (κ2) is 8.49. The standard InChI is InChI=1S/C16H22N4OS2/c21-15(17-10-12-5-2-1-3-6-12)11-23-16-18-14(19-20-16)9-13-7-4-8-22-13/h4,7-8,12H,1-3,5-6,9-11H2,(H,17,21)(H,18,19,20). The Balaban J connectivity index is 1.37. The van der Waals surface area contributed by atoms with Gasteiger partial charge in [-0.05, 0) is 30.2 Å². The van der Waals surface area contributed by atoms with E-state index in [-0.39, 0.29) is 5.91 Å². The minimum atomic E-state index is 0.0742. The number of nitrogens with one attached hydrogen (secondary N) is 2. The molecule has 0 unspecified atom stereocenters. The van der Waals surface area contributed by atoms with Gasteiger partial charge in [0, 0.05) is 17.8 Å². The normalized spacial score (nSPS) is 15.7. The number of aromatic amines is 1. The summed E-state index contributed by atoms with van der Waals surface area (Å²) in [7, 11) is 0. The predicted octanol–water partition coefficient (Wildman–Crippen LogP) is 3.25. The van der Waals surface area contributed by atoms with E-state index in [4.69, 9.17) is 0 Å². The third-order valence-corrected chi connectivity index (χ3v) is 5.80. The second-order valence-corrected chi connectivity index (χ2v) is 7.89. The molecule has 1 saturated carbocycles. The highest BCUT2D eigenvalue weighted by atomic mass is 32.2. The van der Waals surface area contributed by atoms with Crippen LogP contribution in [0.2, 0.25) is 0 Å². The Bertz CT molecular complexity index is 605. The van der Waals surface area contributed by atoms with E-state index in [9.17, 15) is 4.79 Å². The molecular weight excluding hydrogens is 328 g/mol. The molecule has 1 aliphatic rings. The van der Waals surface area contributed by atoms with Crippen LogP contribution in [0.15, 0.2) is 22.7 Å². The number of hydrogen-bond donors (Lipinski definition) is 2. The molecule has 0 radical (unpaired) electrons. The summed E-state index contributed by atoms with van der Waals surface area (Å²) in [6.07, 6.45) is 7.22. The summed E-state index contributed by atoms with van der Waals surface area (Å²) in [5, 5.41) is 12.9. The lowest BCUT2D eigenvalue weighted by Crippen LogP contribution is -2.31. The summed E-state index contributed by atoms with van der Waals surface area (Å²) in [6, 6.07) is 4.11. The molecule has 2 N–H and O–H groups in total. The summed E-state index contributed by atoms with van der Waals surface area (Å²) in [4.78, 5) is 17.6. The maximum Gasteiger partial charge on any atom is 0.230 e. The summed E-state index contributed by atoms with van der Waals surface area (Å²) in [5.74, 6) is 1.96. The van der Waals surface area contributed by atoms with Crippen LogP contribution in [0.1, 0.15) is 42.8 Å². The highest BCUT2D eigenvalue weighted by molar-refractivity contribution is 7.99. The molecule has 0 saturated heterocycles. The third kappa shape index (κ3) is 5.35. The molecule has 1 fully saturated rings. The Labute approximate surface area is 144 Å². The molecule has 7 heteroatoms. The number of amides is 1. The minimum Gasteiger partial charge on any atom is -0.355 e. The zero-order chi connectivity index (χ0) is 15.9. The van der Waals surface area contributed by atoms with E-state index in [0.29, 0.717) is 16.8 Å².